The van der Waals surface area contributed by atoms with Crippen LogP contribution in [0.2, 0.25) is 5.02 Å². The molecule has 0 N–H and O–H groups in total. The van der Waals surface area contributed by atoms with Crippen LogP contribution in [0.3, 0.4) is 0 Å². The van der Waals surface area contributed by atoms with Crippen LogP contribution in [0.5, 0.6) is 11.5 Å². The number of halogens is 5. The molecule has 12 heteroatoms. The van der Waals surface area contributed by atoms with Crippen LogP contribution in [0.15, 0.2) is 41.1 Å². The molecule has 35 heavy (non-hydrogen) atoms. The first kappa shape index (κ1) is 23.5. The Hall–Kier alpha value is -3.21. The summed E-state index contributed by atoms with van der Waals surface area (Å²) in [5, 5.41) is 3.86. The molecule has 6 rings (SSSR count). The molecule has 3 aliphatic carbocycles. The molecule has 0 atom stereocenters. The van der Waals surface area contributed by atoms with Crippen LogP contribution in [-0.4, -0.2) is 27.5 Å². The van der Waals surface area contributed by atoms with Gasteiger partial charge in [0, 0.05) is 12.5 Å². The maximum Gasteiger partial charge on any atom is 0.433 e. The number of hydrogen-bond acceptors (Lipinski definition) is 7. The van der Waals surface area contributed by atoms with E-state index in [4.69, 9.17) is 25.6 Å². The number of nitrogens with zero attached hydrogens (tertiary/aromatic N) is 3. The molecule has 0 saturated heterocycles. The summed E-state index contributed by atoms with van der Waals surface area (Å²) < 4.78 is 67.4. The van der Waals surface area contributed by atoms with Gasteiger partial charge in [0.2, 0.25) is 11.7 Å². The van der Waals surface area contributed by atoms with Gasteiger partial charge in [-0.05, 0) is 48.9 Å². The predicted octanol–water partition coefficient (Wildman–Crippen LogP) is 5.31. The van der Waals surface area contributed by atoms with Crippen LogP contribution in [0, 0.1) is 11.2 Å². The van der Waals surface area contributed by atoms with Gasteiger partial charge in [-0.2, -0.15) is 18.2 Å². The molecule has 3 saturated carbocycles. The highest BCUT2D eigenvalue weighted by Gasteiger charge is 2.71. The van der Waals surface area contributed by atoms with Gasteiger partial charge in [0.05, 0.1) is 16.6 Å². The van der Waals surface area contributed by atoms with E-state index in [1.165, 1.54) is 18.2 Å². The average Bonchev–Trinajstić information content (AvgIpc) is 3.23. The normalized spacial score (nSPS) is 22.8. The lowest BCUT2D eigenvalue weighted by atomic mass is 9.34. The minimum Gasteiger partial charge on any atom is -0.486 e. The number of hydrogen-bond donors (Lipinski definition) is 0. The number of pyridine rings is 1. The Morgan fingerprint density at radius 3 is 2.51 bits per heavy atom. The molecule has 0 radical (unpaired) electrons. The summed E-state index contributed by atoms with van der Waals surface area (Å²) in [5.41, 5.74) is -1.39. The highest BCUT2D eigenvalue weighted by molar-refractivity contribution is 6.30. The Bertz CT molecular complexity index is 1240. The van der Waals surface area contributed by atoms with Crippen LogP contribution in [0.4, 0.5) is 17.6 Å². The van der Waals surface area contributed by atoms with Crippen molar-refractivity contribution in [1.82, 2.24) is 15.1 Å². The van der Waals surface area contributed by atoms with Gasteiger partial charge in [-0.1, -0.05) is 16.8 Å². The van der Waals surface area contributed by atoms with E-state index < -0.39 is 17.7 Å². The zero-order valence-electron chi connectivity index (χ0n) is 18.1. The largest absolute Gasteiger partial charge is 0.486 e. The quantitative estimate of drug-likeness (QED) is 0.359. The molecular formula is C23H18ClF4N3O4. The number of benzene rings is 1. The SMILES string of the molecule is O=C(COc1ccc(Cl)c(F)c1)CC12CC(c3nc(COc4ccc(C(F)(F)F)nc4)no3)(C1)C2. The Kier molecular flexibility index (Phi) is 5.70. The summed E-state index contributed by atoms with van der Waals surface area (Å²) in [4.78, 5) is 20.0. The Morgan fingerprint density at radius 2 is 1.86 bits per heavy atom. The summed E-state index contributed by atoms with van der Waals surface area (Å²) in [7, 11) is 0. The van der Waals surface area contributed by atoms with Gasteiger partial charge in [-0.15, -0.1) is 0 Å². The molecule has 3 fully saturated rings. The highest BCUT2D eigenvalue weighted by atomic mass is 35.5. The van der Waals surface area contributed by atoms with Gasteiger partial charge in [-0.25, -0.2) is 9.37 Å². The first-order valence-electron chi connectivity index (χ1n) is 10.6. The summed E-state index contributed by atoms with van der Waals surface area (Å²) >= 11 is 5.63. The predicted molar refractivity (Wildman–Crippen MR) is 112 cm³/mol. The molecule has 3 aromatic rings. The van der Waals surface area contributed by atoms with Crippen molar-refractivity contribution in [1.29, 1.82) is 0 Å². The lowest BCUT2D eigenvalue weighted by molar-refractivity contribution is -0.168. The van der Waals surface area contributed by atoms with Crippen molar-refractivity contribution in [3.8, 4) is 11.5 Å². The summed E-state index contributed by atoms with van der Waals surface area (Å²) in [6.07, 6.45) is -1.00. The molecule has 184 valence electrons. The lowest BCUT2D eigenvalue weighted by Crippen LogP contribution is -2.65. The van der Waals surface area contributed by atoms with Crippen molar-refractivity contribution < 1.29 is 36.4 Å². The fourth-order valence-corrected chi connectivity index (χ4v) is 5.04. The van der Waals surface area contributed by atoms with E-state index in [9.17, 15) is 22.4 Å². The highest BCUT2D eigenvalue weighted by Crippen LogP contribution is 2.74. The molecule has 0 aliphatic heterocycles. The van der Waals surface area contributed by atoms with Gasteiger partial charge in [0.1, 0.15) is 29.6 Å². The number of aromatic nitrogens is 3. The third kappa shape index (κ3) is 4.69. The first-order chi connectivity index (χ1) is 16.6. The van der Waals surface area contributed by atoms with Gasteiger partial charge in [-0.3, -0.25) is 4.79 Å². The number of carbonyl (C=O) groups excluding carboxylic acids is 1. The number of rotatable bonds is 9. The third-order valence-corrected chi connectivity index (χ3v) is 6.63. The van der Waals surface area contributed by atoms with Crippen LogP contribution in [0.25, 0.3) is 0 Å². The lowest BCUT2D eigenvalue weighted by Gasteiger charge is -2.68. The Labute approximate surface area is 201 Å². The summed E-state index contributed by atoms with van der Waals surface area (Å²) in [5.74, 6) is 0.414. The molecule has 3 aliphatic rings. The van der Waals surface area contributed by atoms with Crippen molar-refractivity contribution in [3.63, 3.8) is 0 Å². The maximum absolute atomic E-state index is 13.5. The standard InChI is InChI=1S/C23H18ClF4N3O4/c24-16-3-1-14(5-17(16)25)33-8-13(32)6-21-10-22(11-21,12-21)20-30-19(31-35-20)9-34-15-2-4-18(29-7-15)23(26,27)28/h1-5,7H,6,8-12H2. The summed E-state index contributed by atoms with van der Waals surface area (Å²) in [6.45, 7) is -0.241. The molecule has 2 heterocycles. The Morgan fingerprint density at radius 1 is 1.11 bits per heavy atom. The van der Waals surface area contributed by atoms with Crippen LogP contribution in [0.1, 0.15) is 43.1 Å². The van der Waals surface area contributed by atoms with Crippen molar-refractivity contribution in [3.05, 3.63) is 64.8 Å². The second-order valence-corrected chi connectivity index (χ2v) is 9.48. The zero-order valence-corrected chi connectivity index (χ0v) is 18.8. The van der Waals surface area contributed by atoms with Crippen LogP contribution >= 0.6 is 11.6 Å². The molecule has 1 aromatic carbocycles. The van der Waals surface area contributed by atoms with Gasteiger partial charge >= 0.3 is 6.18 Å². The van der Waals surface area contributed by atoms with Crippen LogP contribution in [-0.2, 0) is 23.0 Å². The fourth-order valence-electron chi connectivity index (χ4n) is 4.92. The second-order valence-electron chi connectivity index (χ2n) is 9.07. The number of ether oxygens (including phenoxy) is 2. The Balaban J connectivity index is 1.09. The molecule has 0 unspecified atom stereocenters. The maximum atomic E-state index is 13.5. The van der Waals surface area contributed by atoms with Crippen molar-refractivity contribution in [2.75, 3.05) is 6.61 Å². The van der Waals surface area contributed by atoms with Crippen molar-refractivity contribution in [2.24, 2.45) is 5.41 Å². The topological polar surface area (TPSA) is 87.3 Å². The number of Topliss-reactive ketones (excluding diaryl/α,β-unsaturated/α-hetero) is 1. The van der Waals surface area contributed by atoms with Gasteiger partial charge < -0.3 is 14.0 Å². The number of carbonyl (C=O) groups is 1. The number of ketones is 1. The molecule has 2 bridgehead atoms. The van der Waals surface area contributed by atoms with E-state index in [-0.39, 0.29) is 52.2 Å². The molecular weight excluding hydrogens is 494 g/mol. The molecule has 0 amide bonds. The van der Waals surface area contributed by atoms with E-state index in [2.05, 4.69) is 15.1 Å². The first-order valence-corrected chi connectivity index (χ1v) is 11.0. The van der Waals surface area contributed by atoms with Gasteiger partial charge in [0.15, 0.2) is 12.4 Å². The van der Waals surface area contributed by atoms with E-state index in [1.807, 2.05) is 0 Å². The second kappa shape index (κ2) is 8.47. The van der Waals surface area contributed by atoms with Crippen molar-refractivity contribution >= 4 is 17.4 Å². The zero-order chi connectivity index (χ0) is 24.8. The van der Waals surface area contributed by atoms with E-state index in [0.717, 1.165) is 37.6 Å². The van der Waals surface area contributed by atoms with E-state index in [0.29, 0.717) is 12.3 Å². The van der Waals surface area contributed by atoms with E-state index in [1.54, 1.807) is 0 Å². The fraction of sp³-hybridized carbons (Fsp3) is 0.391. The monoisotopic (exact) mass is 511 g/mol. The summed E-state index contributed by atoms with van der Waals surface area (Å²) in [6, 6.07) is 6.01. The minimum absolute atomic E-state index is 0.0183. The van der Waals surface area contributed by atoms with Crippen LogP contribution < -0.4 is 9.47 Å². The molecule has 2 aromatic heterocycles. The number of alkyl halides is 3. The third-order valence-electron chi connectivity index (χ3n) is 6.32. The average molecular weight is 512 g/mol. The molecule has 0 spiro atoms. The van der Waals surface area contributed by atoms with Crippen molar-refractivity contribution in [2.45, 2.75) is 43.9 Å². The van der Waals surface area contributed by atoms with E-state index >= 15 is 0 Å². The molecule has 7 nitrogen and oxygen atoms in total. The smallest absolute Gasteiger partial charge is 0.433 e. The minimum atomic E-state index is -4.52. The van der Waals surface area contributed by atoms with Gasteiger partial charge in [0.25, 0.3) is 0 Å².